The Morgan fingerprint density at radius 1 is 1.20 bits per heavy atom. The van der Waals surface area contributed by atoms with Crippen molar-refractivity contribution in [2.45, 2.75) is 39.0 Å². The molecule has 7 nitrogen and oxygen atoms in total. The van der Waals surface area contributed by atoms with Crippen molar-refractivity contribution in [2.75, 3.05) is 24.5 Å². The Kier molecular flexibility index (Phi) is 5.92. The van der Waals surface area contributed by atoms with E-state index in [0.29, 0.717) is 19.5 Å². The summed E-state index contributed by atoms with van der Waals surface area (Å²) in [5.74, 6) is 1.64. The van der Waals surface area contributed by atoms with Gasteiger partial charge in [-0.1, -0.05) is 26.0 Å². The van der Waals surface area contributed by atoms with E-state index in [0.717, 1.165) is 42.2 Å². The number of halogens is 1. The monoisotopic (exact) mass is 410 g/mol. The molecule has 3 heterocycles. The lowest BCUT2D eigenvalue weighted by atomic mass is 9.97. The largest absolute Gasteiger partial charge is 0.355 e. The number of aromatic nitrogens is 4. The van der Waals surface area contributed by atoms with Crippen molar-refractivity contribution in [3.63, 3.8) is 0 Å². The molecule has 0 aliphatic carbocycles. The molecule has 1 saturated heterocycles. The summed E-state index contributed by atoms with van der Waals surface area (Å²) in [6.07, 6.45) is 2.49. The van der Waals surface area contributed by atoms with Gasteiger partial charge in [-0.25, -0.2) is 4.39 Å². The van der Waals surface area contributed by atoms with Crippen molar-refractivity contribution < 1.29 is 9.18 Å². The highest BCUT2D eigenvalue weighted by atomic mass is 19.1. The number of nitrogens with zero attached hydrogens (tertiary/aromatic N) is 5. The number of rotatable bonds is 6. The number of nitrogens with one attached hydrogen (secondary N) is 1. The number of hydrogen-bond acceptors (Lipinski definition) is 5. The number of carbonyl (C=O) groups excluding carboxylic acids is 1. The van der Waals surface area contributed by atoms with E-state index in [9.17, 15) is 9.18 Å². The van der Waals surface area contributed by atoms with Crippen LogP contribution in [-0.2, 0) is 11.2 Å². The molecule has 1 aliphatic heterocycles. The van der Waals surface area contributed by atoms with E-state index >= 15 is 0 Å². The highest BCUT2D eigenvalue weighted by Crippen LogP contribution is 2.23. The molecule has 1 N–H and O–H groups in total. The second-order valence-electron chi connectivity index (χ2n) is 8.13. The first-order valence-electron chi connectivity index (χ1n) is 10.5. The van der Waals surface area contributed by atoms with Crippen molar-refractivity contribution >= 4 is 17.4 Å². The molecule has 2 aromatic heterocycles. The predicted molar refractivity (Wildman–Crippen MR) is 113 cm³/mol. The summed E-state index contributed by atoms with van der Waals surface area (Å²) in [4.78, 5) is 14.9. The maximum absolute atomic E-state index is 13.0. The van der Waals surface area contributed by atoms with Crippen LogP contribution in [0.1, 0.15) is 44.0 Å². The number of benzene rings is 1. The van der Waals surface area contributed by atoms with Gasteiger partial charge in [0, 0.05) is 25.6 Å². The third kappa shape index (κ3) is 4.42. The minimum atomic E-state index is -0.246. The second kappa shape index (κ2) is 8.77. The average molecular weight is 410 g/mol. The van der Waals surface area contributed by atoms with Gasteiger partial charge in [-0.05, 0) is 49.1 Å². The Morgan fingerprint density at radius 2 is 2.00 bits per heavy atom. The van der Waals surface area contributed by atoms with E-state index in [-0.39, 0.29) is 23.6 Å². The fourth-order valence-electron chi connectivity index (χ4n) is 3.85. The van der Waals surface area contributed by atoms with Crippen LogP contribution in [0.5, 0.6) is 0 Å². The lowest BCUT2D eigenvalue weighted by Crippen LogP contribution is -2.44. The number of carbonyl (C=O) groups is 1. The third-order valence-corrected chi connectivity index (χ3v) is 5.53. The average Bonchev–Trinajstić information content (AvgIpc) is 3.19. The zero-order chi connectivity index (χ0) is 21.1. The molecule has 8 heteroatoms. The van der Waals surface area contributed by atoms with Crippen LogP contribution in [0.2, 0.25) is 0 Å². The van der Waals surface area contributed by atoms with Crippen molar-refractivity contribution in [3.05, 3.63) is 53.6 Å². The lowest BCUT2D eigenvalue weighted by Gasteiger charge is -2.32. The predicted octanol–water partition coefficient (Wildman–Crippen LogP) is 2.96. The molecule has 1 unspecified atom stereocenters. The summed E-state index contributed by atoms with van der Waals surface area (Å²) in [6, 6.07) is 10.3. The first-order chi connectivity index (χ1) is 14.5. The Bertz CT molecular complexity index is 1020. The Morgan fingerprint density at radius 3 is 2.77 bits per heavy atom. The summed E-state index contributed by atoms with van der Waals surface area (Å²) in [5.41, 5.74) is 1.74. The molecule has 4 rings (SSSR count). The van der Waals surface area contributed by atoms with Crippen molar-refractivity contribution in [3.8, 4) is 0 Å². The SMILES string of the molecule is CC(C)c1nnc2ccc(N3CCCC(C(=O)NCCc4ccc(F)cc4)C3)nn12. The molecular weight excluding hydrogens is 383 g/mol. The highest BCUT2D eigenvalue weighted by molar-refractivity contribution is 5.79. The lowest BCUT2D eigenvalue weighted by molar-refractivity contribution is -0.125. The van der Waals surface area contributed by atoms with Crippen molar-refractivity contribution in [2.24, 2.45) is 5.92 Å². The van der Waals surface area contributed by atoms with Gasteiger partial charge in [-0.3, -0.25) is 4.79 Å². The van der Waals surface area contributed by atoms with E-state index in [4.69, 9.17) is 5.10 Å². The molecule has 1 fully saturated rings. The van der Waals surface area contributed by atoms with Gasteiger partial charge in [0.15, 0.2) is 11.5 Å². The fraction of sp³-hybridized carbons (Fsp3) is 0.455. The Balaban J connectivity index is 1.37. The summed E-state index contributed by atoms with van der Waals surface area (Å²) in [6.45, 7) is 6.19. The van der Waals surface area contributed by atoms with Crippen LogP contribution >= 0.6 is 0 Å². The smallest absolute Gasteiger partial charge is 0.224 e. The number of hydrogen-bond donors (Lipinski definition) is 1. The van der Waals surface area contributed by atoms with Gasteiger partial charge in [-0.15, -0.1) is 15.3 Å². The molecule has 3 aromatic rings. The number of fused-ring (bicyclic) bond motifs is 1. The van der Waals surface area contributed by atoms with Gasteiger partial charge < -0.3 is 10.2 Å². The second-order valence-corrected chi connectivity index (χ2v) is 8.13. The van der Waals surface area contributed by atoms with E-state index < -0.39 is 0 Å². The van der Waals surface area contributed by atoms with Gasteiger partial charge in [-0.2, -0.15) is 4.52 Å². The Labute approximate surface area is 175 Å². The van der Waals surface area contributed by atoms with Crippen LogP contribution in [0.25, 0.3) is 5.65 Å². The van der Waals surface area contributed by atoms with Crippen LogP contribution < -0.4 is 10.2 Å². The summed E-state index contributed by atoms with van der Waals surface area (Å²) < 4.78 is 14.8. The van der Waals surface area contributed by atoms with E-state index in [1.165, 1.54) is 12.1 Å². The van der Waals surface area contributed by atoms with Crippen LogP contribution in [-0.4, -0.2) is 45.4 Å². The topological polar surface area (TPSA) is 75.4 Å². The van der Waals surface area contributed by atoms with Crippen molar-refractivity contribution in [1.82, 2.24) is 25.1 Å². The maximum Gasteiger partial charge on any atom is 0.224 e. The molecule has 30 heavy (non-hydrogen) atoms. The number of amides is 1. The molecule has 1 atom stereocenters. The summed E-state index contributed by atoms with van der Waals surface area (Å²) >= 11 is 0. The molecule has 0 radical (unpaired) electrons. The molecule has 0 spiro atoms. The zero-order valence-electron chi connectivity index (χ0n) is 17.4. The number of piperidine rings is 1. The first kappa shape index (κ1) is 20.3. The van der Waals surface area contributed by atoms with E-state index in [1.54, 1.807) is 16.6 Å². The molecule has 0 bridgehead atoms. The molecule has 158 valence electrons. The maximum atomic E-state index is 13.0. The van der Waals surface area contributed by atoms with Gasteiger partial charge >= 0.3 is 0 Å². The summed E-state index contributed by atoms with van der Waals surface area (Å²) in [7, 11) is 0. The van der Waals surface area contributed by atoms with Gasteiger partial charge in [0.25, 0.3) is 0 Å². The molecule has 0 saturated carbocycles. The van der Waals surface area contributed by atoms with Crippen LogP contribution in [0.3, 0.4) is 0 Å². The molecule has 1 amide bonds. The van der Waals surface area contributed by atoms with Crippen LogP contribution in [0.15, 0.2) is 36.4 Å². The van der Waals surface area contributed by atoms with E-state index in [2.05, 4.69) is 34.3 Å². The van der Waals surface area contributed by atoms with E-state index in [1.807, 2.05) is 12.1 Å². The first-order valence-corrected chi connectivity index (χ1v) is 10.5. The number of anilines is 1. The third-order valence-electron chi connectivity index (χ3n) is 5.53. The van der Waals surface area contributed by atoms with Crippen LogP contribution in [0.4, 0.5) is 10.2 Å². The molecule has 1 aromatic carbocycles. The minimum absolute atomic E-state index is 0.0649. The minimum Gasteiger partial charge on any atom is -0.355 e. The highest BCUT2D eigenvalue weighted by Gasteiger charge is 2.27. The quantitative estimate of drug-likeness (QED) is 0.676. The Hall–Kier alpha value is -3.03. The normalized spacial score (nSPS) is 16.9. The molecular formula is C22H27FN6O. The summed E-state index contributed by atoms with van der Waals surface area (Å²) in [5, 5.41) is 16.2. The zero-order valence-corrected chi connectivity index (χ0v) is 17.4. The van der Waals surface area contributed by atoms with Crippen LogP contribution in [0, 0.1) is 11.7 Å². The standard InChI is InChI=1S/C22H27FN6O/c1-15(2)21-26-25-19-9-10-20(27-29(19)21)28-13-3-4-17(14-28)22(30)24-12-11-16-5-7-18(23)8-6-16/h5-10,15,17H,3-4,11-14H2,1-2H3,(H,24,30). The fourth-order valence-corrected chi connectivity index (χ4v) is 3.85. The van der Waals surface area contributed by atoms with Gasteiger partial charge in [0.2, 0.25) is 5.91 Å². The van der Waals surface area contributed by atoms with Gasteiger partial charge in [0.1, 0.15) is 11.6 Å². The van der Waals surface area contributed by atoms with Gasteiger partial charge in [0.05, 0.1) is 5.92 Å². The van der Waals surface area contributed by atoms with Crippen molar-refractivity contribution in [1.29, 1.82) is 0 Å². The molecule has 1 aliphatic rings.